The van der Waals surface area contributed by atoms with Gasteiger partial charge in [0.1, 0.15) is 0 Å². The van der Waals surface area contributed by atoms with Crippen molar-refractivity contribution in [3.8, 4) is 0 Å². The van der Waals surface area contributed by atoms with Crippen LogP contribution in [0.25, 0.3) is 0 Å². The molecule has 0 bridgehead atoms. The van der Waals surface area contributed by atoms with Gasteiger partial charge in [-0.1, -0.05) is 50.3 Å². The van der Waals surface area contributed by atoms with Gasteiger partial charge in [-0.2, -0.15) is 0 Å². The summed E-state index contributed by atoms with van der Waals surface area (Å²) in [5.74, 6) is 0.674. The van der Waals surface area contributed by atoms with E-state index in [9.17, 15) is 0 Å². The standard InChI is InChI=1S/C18H25N/c1-6-16(12-14(2)3)15(4)13-18(19-5)17-10-8-7-9-11-17/h6-11,13-14H,12H2,1-5H3/b15-13-,16-6-,19-18?. The smallest absolute Gasteiger partial charge is 0.0645 e. The number of nitrogens with zero attached hydrogens (tertiary/aromatic N) is 1. The second-order valence-corrected chi connectivity index (χ2v) is 5.21. The summed E-state index contributed by atoms with van der Waals surface area (Å²) in [6.45, 7) is 8.79. The zero-order valence-corrected chi connectivity index (χ0v) is 12.8. The Balaban J connectivity index is 2.99. The Morgan fingerprint density at radius 1 is 1.21 bits per heavy atom. The summed E-state index contributed by atoms with van der Waals surface area (Å²) in [6, 6.07) is 10.3. The summed E-state index contributed by atoms with van der Waals surface area (Å²) in [5, 5.41) is 0. The molecule has 0 saturated heterocycles. The fourth-order valence-electron chi connectivity index (χ4n) is 2.13. The van der Waals surface area contributed by atoms with Crippen LogP contribution in [0.4, 0.5) is 0 Å². The Morgan fingerprint density at radius 2 is 1.84 bits per heavy atom. The van der Waals surface area contributed by atoms with Crippen LogP contribution in [0.3, 0.4) is 0 Å². The SMILES string of the molecule is C/C=C(CC(C)C)\C(C)=C/C(=NC)c1ccccc1. The normalized spacial score (nSPS) is 14.1. The van der Waals surface area contributed by atoms with E-state index in [2.05, 4.69) is 57.0 Å². The van der Waals surface area contributed by atoms with Crippen molar-refractivity contribution in [2.45, 2.75) is 34.1 Å². The molecule has 102 valence electrons. The highest BCUT2D eigenvalue weighted by atomic mass is 14.7. The molecule has 1 rings (SSSR count). The van der Waals surface area contributed by atoms with Crippen LogP contribution in [0.2, 0.25) is 0 Å². The van der Waals surface area contributed by atoms with Crippen LogP contribution in [0.1, 0.15) is 39.7 Å². The van der Waals surface area contributed by atoms with Crippen molar-refractivity contribution >= 4 is 5.71 Å². The van der Waals surface area contributed by atoms with Crippen LogP contribution in [-0.2, 0) is 0 Å². The molecule has 0 radical (unpaired) electrons. The van der Waals surface area contributed by atoms with Gasteiger partial charge in [0.2, 0.25) is 0 Å². The predicted molar refractivity (Wildman–Crippen MR) is 85.9 cm³/mol. The number of hydrogen-bond donors (Lipinski definition) is 0. The monoisotopic (exact) mass is 255 g/mol. The van der Waals surface area contributed by atoms with Crippen molar-refractivity contribution in [3.63, 3.8) is 0 Å². The number of allylic oxidation sites excluding steroid dienone is 4. The molecule has 0 N–H and O–H groups in total. The largest absolute Gasteiger partial charge is 0.288 e. The summed E-state index contributed by atoms with van der Waals surface area (Å²) >= 11 is 0. The first kappa shape index (κ1) is 15.4. The van der Waals surface area contributed by atoms with E-state index in [-0.39, 0.29) is 0 Å². The van der Waals surface area contributed by atoms with Crippen LogP contribution >= 0.6 is 0 Å². The minimum Gasteiger partial charge on any atom is -0.288 e. The van der Waals surface area contributed by atoms with Gasteiger partial charge in [0, 0.05) is 7.05 Å². The first-order chi connectivity index (χ1) is 9.08. The van der Waals surface area contributed by atoms with E-state index < -0.39 is 0 Å². The maximum atomic E-state index is 4.41. The number of aliphatic imine (C=N–C) groups is 1. The molecule has 0 spiro atoms. The van der Waals surface area contributed by atoms with Crippen molar-refractivity contribution < 1.29 is 0 Å². The van der Waals surface area contributed by atoms with Gasteiger partial charge in [0.25, 0.3) is 0 Å². The van der Waals surface area contributed by atoms with Crippen LogP contribution in [0.5, 0.6) is 0 Å². The van der Waals surface area contributed by atoms with Gasteiger partial charge in [0.15, 0.2) is 0 Å². The Labute approximate surface area is 117 Å². The third kappa shape index (κ3) is 4.86. The molecule has 1 heteroatoms. The van der Waals surface area contributed by atoms with Crippen LogP contribution in [0.15, 0.2) is 58.6 Å². The van der Waals surface area contributed by atoms with E-state index in [1.54, 1.807) is 0 Å². The molecular formula is C18H25N. The van der Waals surface area contributed by atoms with Gasteiger partial charge in [0.05, 0.1) is 5.71 Å². The molecule has 0 fully saturated rings. The molecule has 0 unspecified atom stereocenters. The van der Waals surface area contributed by atoms with Crippen molar-refractivity contribution in [2.24, 2.45) is 10.9 Å². The van der Waals surface area contributed by atoms with Crippen LogP contribution < -0.4 is 0 Å². The molecule has 0 aliphatic heterocycles. The first-order valence-electron chi connectivity index (χ1n) is 6.94. The minimum atomic E-state index is 0.674. The van der Waals surface area contributed by atoms with E-state index in [1.807, 2.05) is 25.2 Å². The van der Waals surface area contributed by atoms with Gasteiger partial charge in [-0.25, -0.2) is 0 Å². The fraction of sp³-hybridized carbons (Fsp3) is 0.389. The molecule has 1 aromatic carbocycles. The van der Waals surface area contributed by atoms with Gasteiger partial charge < -0.3 is 0 Å². The molecule has 0 heterocycles. The van der Waals surface area contributed by atoms with E-state index in [0.717, 1.165) is 12.1 Å². The van der Waals surface area contributed by atoms with Crippen molar-refractivity contribution in [1.82, 2.24) is 0 Å². The fourth-order valence-corrected chi connectivity index (χ4v) is 2.13. The van der Waals surface area contributed by atoms with E-state index in [4.69, 9.17) is 0 Å². The molecular weight excluding hydrogens is 230 g/mol. The minimum absolute atomic E-state index is 0.674. The molecule has 0 amide bonds. The molecule has 1 aromatic rings. The van der Waals surface area contributed by atoms with Gasteiger partial charge in [-0.3, -0.25) is 4.99 Å². The van der Waals surface area contributed by atoms with Crippen LogP contribution in [-0.4, -0.2) is 12.8 Å². The third-order valence-corrected chi connectivity index (χ3v) is 3.15. The average molecular weight is 255 g/mol. The second-order valence-electron chi connectivity index (χ2n) is 5.21. The van der Waals surface area contributed by atoms with Crippen molar-refractivity contribution in [3.05, 3.63) is 59.2 Å². The average Bonchev–Trinajstić information content (AvgIpc) is 2.42. The van der Waals surface area contributed by atoms with E-state index >= 15 is 0 Å². The number of hydrogen-bond acceptors (Lipinski definition) is 1. The highest BCUT2D eigenvalue weighted by Crippen LogP contribution is 2.19. The zero-order valence-electron chi connectivity index (χ0n) is 12.8. The third-order valence-electron chi connectivity index (χ3n) is 3.15. The molecule has 19 heavy (non-hydrogen) atoms. The van der Waals surface area contributed by atoms with Gasteiger partial charge in [-0.15, -0.1) is 0 Å². The van der Waals surface area contributed by atoms with Crippen LogP contribution in [0, 0.1) is 5.92 Å². The Bertz CT molecular complexity index is 476. The van der Waals surface area contributed by atoms with Gasteiger partial charge >= 0.3 is 0 Å². The second kappa shape index (κ2) is 7.73. The Hall–Kier alpha value is -1.63. The maximum Gasteiger partial charge on any atom is 0.0645 e. The Kier molecular flexibility index (Phi) is 6.27. The number of rotatable bonds is 5. The Morgan fingerprint density at radius 3 is 2.32 bits per heavy atom. The van der Waals surface area contributed by atoms with E-state index in [1.165, 1.54) is 16.7 Å². The lowest BCUT2D eigenvalue weighted by Gasteiger charge is -2.11. The lowest BCUT2D eigenvalue weighted by Crippen LogP contribution is -2.00. The molecule has 0 aliphatic carbocycles. The highest BCUT2D eigenvalue weighted by Gasteiger charge is 2.05. The molecule has 0 atom stereocenters. The molecule has 0 aromatic heterocycles. The quantitative estimate of drug-likeness (QED) is 0.516. The summed E-state index contributed by atoms with van der Waals surface area (Å²) in [4.78, 5) is 4.41. The summed E-state index contributed by atoms with van der Waals surface area (Å²) in [6.07, 6.45) is 5.52. The summed E-state index contributed by atoms with van der Waals surface area (Å²) in [7, 11) is 1.85. The topological polar surface area (TPSA) is 12.4 Å². The van der Waals surface area contributed by atoms with E-state index in [0.29, 0.717) is 5.92 Å². The zero-order chi connectivity index (χ0) is 14.3. The molecule has 0 aliphatic rings. The molecule has 1 nitrogen and oxygen atoms in total. The summed E-state index contributed by atoms with van der Waals surface area (Å²) in [5.41, 5.74) is 4.93. The van der Waals surface area contributed by atoms with Crippen molar-refractivity contribution in [1.29, 1.82) is 0 Å². The lowest BCUT2D eigenvalue weighted by molar-refractivity contribution is 0.645. The van der Waals surface area contributed by atoms with Crippen molar-refractivity contribution in [2.75, 3.05) is 7.05 Å². The first-order valence-corrected chi connectivity index (χ1v) is 6.94. The van der Waals surface area contributed by atoms with Gasteiger partial charge in [-0.05, 0) is 49.0 Å². The summed E-state index contributed by atoms with van der Waals surface area (Å²) < 4.78 is 0. The predicted octanol–water partition coefficient (Wildman–Crippen LogP) is 5.04. The molecule has 0 saturated carbocycles. The lowest BCUT2D eigenvalue weighted by atomic mass is 9.95. The maximum absolute atomic E-state index is 4.41. The highest BCUT2D eigenvalue weighted by molar-refractivity contribution is 6.09. The number of benzene rings is 1.